The lowest BCUT2D eigenvalue weighted by molar-refractivity contribution is 0.00578. The Morgan fingerprint density at radius 2 is 0.691 bits per heavy atom. The van der Waals surface area contributed by atoms with Crippen LogP contribution in [0.15, 0.2) is 243 Å². The molecule has 14 aromatic rings. The van der Waals surface area contributed by atoms with Crippen LogP contribution in [0.4, 0.5) is 0 Å². The molecular weight excluding hydrogens is 1320 g/mol. The van der Waals surface area contributed by atoms with Crippen LogP contribution in [-0.2, 0) is 9.31 Å². The third kappa shape index (κ3) is 12.6. The highest BCUT2D eigenvalue weighted by Gasteiger charge is 2.51. The van der Waals surface area contributed by atoms with Gasteiger partial charge < -0.3 is 32.1 Å². The molecule has 0 aliphatic carbocycles. The maximum Gasteiger partial charge on any atom is 0.494 e. The van der Waals surface area contributed by atoms with Gasteiger partial charge in [0.15, 0.2) is 0 Å². The molecule has 0 unspecified atom stereocenters. The van der Waals surface area contributed by atoms with E-state index in [1.54, 1.807) is 0 Å². The van der Waals surface area contributed by atoms with Crippen LogP contribution in [0.3, 0.4) is 0 Å². The highest BCUT2D eigenvalue weighted by atomic mass is 127. The smallest absolute Gasteiger partial charge is 0.456 e. The number of benzene rings is 10. The van der Waals surface area contributed by atoms with Crippen LogP contribution in [0.1, 0.15) is 38.8 Å². The quantitative estimate of drug-likeness (QED) is 0.136. The molecule has 0 bridgehead atoms. The van der Waals surface area contributed by atoms with E-state index in [4.69, 9.17) is 32.1 Å². The first-order valence-corrected chi connectivity index (χ1v) is 29.8. The van der Waals surface area contributed by atoms with Crippen molar-refractivity contribution in [2.45, 2.75) is 52.7 Å². The number of hydrogen-bond donors (Lipinski definition) is 1. The topological polar surface area (TPSA) is 91.3 Å². The minimum atomic E-state index is -0.344. The minimum absolute atomic E-state index is 0.328. The van der Waals surface area contributed by atoms with Crippen molar-refractivity contribution >= 4 is 171 Å². The lowest BCUT2D eigenvalue weighted by Crippen LogP contribution is -2.41. The summed E-state index contributed by atoms with van der Waals surface area (Å²) >= 11 is 12.7. The predicted octanol–water partition coefficient (Wildman–Crippen LogP) is 21.1. The predicted molar refractivity (Wildman–Crippen MR) is 356 cm³/mol. The van der Waals surface area contributed by atoms with E-state index in [-0.39, 0.29) is 18.3 Å². The summed E-state index contributed by atoms with van der Waals surface area (Å²) < 4.78 is 40.0. The number of rotatable bonds is 2. The van der Waals surface area contributed by atoms with Gasteiger partial charge in [0.05, 0.1) is 11.2 Å². The van der Waals surface area contributed by atoms with Crippen molar-refractivity contribution in [2.75, 3.05) is 7.11 Å². The van der Waals surface area contributed by atoms with Gasteiger partial charge >= 0.3 is 7.12 Å². The molecule has 10 aromatic carbocycles. The number of para-hydroxylation sites is 5. The molecule has 1 N–H and O–H groups in total. The maximum absolute atomic E-state index is 7.00. The number of aryl methyl sites for hydroxylation is 2. The molecule has 0 radical (unpaired) electrons. The summed E-state index contributed by atoms with van der Waals surface area (Å²) in [5.41, 5.74) is 12.9. The van der Waals surface area contributed by atoms with Gasteiger partial charge in [-0.15, -0.1) is 0 Å². The molecule has 4 aromatic heterocycles. The van der Waals surface area contributed by atoms with Crippen molar-refractivity contribution in [1.82, 2.24) is 0 Å². The molecule has 1 fully saturated rings. The van der Waals surface area contributed by atoms with Gasteiger partial charge in [0.25, 0.3) is 0 Å². The first-order chi connectivity index (χ1) is 39.1. The lowest BCUT2D eigenvalue weighted by Gasteiger charge is -2.32. The molecule has 5 heterocycles. The Balaban J connectivity index is 0.000000116. The Hall–Kier alpha value is -6.49. The Bertz CT molecular complexity index is 4450. The van der Waals surface area contributed by atoms with Crippen LogP contribution in [0, 0.1) is 17.4 Å². The summed E-state index contributed by atoms with van der Waals surface area (Å²) in [6, 6.07) is 71.8. The Morgan fingerprint density at radius 3 is 1.12 bits per heavy atom. The summed E-state index contributed by atoms with van der Waals surface area (Å²) in [5.74, 6) is 0. The maximum atomic E-state index is 7.00. The molecular formula is C69H57BBr3IO7. The second-order valence-electron chi connectivity index (χ2n) is 20.4. The minimum Gasteiger partial charge on any atom is -0.456 e. The molecule has 1 aliphatic heterocycles. The Kier molecular flexibility index (Phi) is 17.8. The second-order valence-corrected chi connectivity index (χ2v) is 24.3. The molecule has 0 spiro atoms. The molecule has 15 rings (SSSR count). The second kappa shape index (κ2) is 24.9. The zero-order chi connectivity index (χ0) is 57.0. The molecule has 12 heteroatoms. The normalized spacial score (nSPS) is 13.3. The van der Waals surface area contributed by atoms with E-state index in [1.165, 1.54) is 52.8 Å². The van der Waals surface area contributed by atoms with Crippen LogP contribution in [0.2, 0.25) is 0 Å². The zero-order valence-corrected chi connectivity index (χ0v) is 52.6. The van der Waals surface area contributed by atoms with Crippen molar-refractivity contribution in [1.29, 1.82) is 0 Å². The standard InChI is InChI=1S/C19H13BrO.C18H19BO3.C12H7BrO.C12H8O.C7H6BrI.CH4O/c1-12-10-14(20)7-8-15(12)13-6-9-19-17(11-13)16-4-2-3-5-18(16)21-19;1-17(2)18(3,4)22-19(21-17)12-9-10-16-14(11-12)13-7-5-6-8-15(13)20-16;13-8-5-6-12-10(7-8)9-3-1-2-4-11(9)14-12;1-3-7-11-9(5-1)10-6-2-4-8-12(10)13-11;1-5-4-6(8)2-3-7(5)9;1-2/h2-11H,1H3;5-11H,1-4H3;1-7H;1-8H;2-4H,1H3;2H,1H3. The monoisotopic (exact) mass is 1370 g/mol. The summed E-state index contributed by atoms with van der Waals surface area (Å²) in [5, 5.41) is 16.3. The molecule has 406 valence electrons. The number of furan rings is 4. The van der Waals surface area contributed by atoms with Gasteiger partial charge in [-0.05, 0) is 189 Å². The first-order valence-electron chi connectivity index (χ1n) is 26.3. The van der Waals surface area contributed by atoms with Crippen molar-refractivity contribution in [3.05, 3.63) is 240 Å². The molecule has 7 nitrogen and oxygen atoms in total. The van der Waals surface area contributed by atoms with E-state index in [0.717, 1.165) is 86.8 Å². The van der Waals surface area contributed by atoms with Crippen molar-refractivity contribution in [3.63, 3.8) is 0 Å². The molecule has 1 aliphatic rings. The van der Waals surface area contributed by atoms with Crippen LogP contribution >= 0.6 is 70.4 Å². The van der Waals surface area contributed by atoms with Gasteiger partial charge in [-0.1, -0.05) is 163 Å². The molecule has 0 atom stereocenters. The van der Waals surface area contributed by atoms with Gasteiger partial charge in [-0.3, -0.25) is 0 Å². The van der Waals surface area contributed by atoms with Crippen molar-refractivity contribution in [2.24, 2.45) is 0 Å². The third-order valence-corrected chi connectivity index (χ3v) is 17.2. The fraction of sp³-hybridized carbons (Fsp3) is 0.130. The van der Waals surface area contributed by atoms with Gasteiger partial charge in [0.1, 0.15) is 44.7 Å². The van der Waals surface area contributed by atoms with E-state index in [1.807, 2.05) is 109 Å². The highest BCUT2D eigenvalue weighted by molar-refractivity contribution is 14.1. The van der Waals surface area contributed by atoms with E-state index in [2.05, 4.69) is 215 Å². The SMILES string of the molecule is Brc1ccc2oc3ccccc3c2c1.CC1(C)OB(c2ccc3oc4ccccc4c3c2)OC1(C)C.CO.Cc1cc(Br)ccc1-c1ccc2oc3ccccc3c2c1.Cc1cc(Br)ccc1I.c1ccc2c(c1)oc1ccccc12. The van der Waals surface area contributed by atoms with Crippen LogP contribution in [-0.4, -0.2) is 30.5 Å². The number of aliphatic hydroxyl groups excluding tert-OH is 1. The summed E-state index contributed by atoms with van der Waals surface area (Å²) in [6.45, 7) is 12.5. The summed E-state index contributed by atoms with van der Waals surface area (Å²) in [4.78, 5) is 0. The Labute approximate surface area is 509 Å². The summed E-state index contributed by atoms with van der Waals surface area (Å²) in [6.07, 6.45) is 0. The molecule has 1 saturated heterocycles. The number of fused-ring (bicyclic) bond motifs is 12. The molecule has 0 saturated carbocycles. The first kappa shape index (κ1) is 57.7. The van der Waals surface area contributed by atoms with Crippen molar-refractivity contribution < 1.29 is 32.1 Å². The van der Waals surface area contributed by atoms with Gasteiger partial charge in [-0.25, -0.2) is 0 Å². The zero-order valence-electron chi connectivity index (χ0n) is 45.7. The van der Waals surface area contributed by atoms with Gasteiger partial charge in [-0.2, -0.15) is 0 Å². The van der Waals surface area contributed by atoms with Crippen LogP contribution in [0.5, 0.6) is 0 Å². The fourth-order valence-electron chi connectivity index (χ4n) is 9.70. The molecule has 81 heavy (non-hydrogen) atoms. The Morgan fingerprint density at radius 1 is 0.358 bits per heavy atom. The largest absolute Gasteiger partial charge is 0.494 e. The number of aliphatic hydroxyl groups is 1. The van der Waals surface area contributed by atoms with Crippen LogP contribution < -0.4 is 5.46 Å². The van der Waals surface area contributed by atoms with E-state index in [0.29, 0.717) is 0 Å². The highest BCUT2D eigenvalue weighted by Crippen LogP contribution is 2.38. The van der Waals surface area contributed by atoms with Crippen molar-refractivity contribution in [3.8, 4) is 11.1 Å². The molecule has 0 amide bonds. The average molecular weight is 1380 g/mol. The fourth-order valence-corrected chi connectivity index (χ4v) is 11.3. The van der Waals surface area contributed by atoms with E-state index < -0.39 is 0 Å². The van der Waals surface area contributed by atoms with Gasteiger partial charge in [0, 0.05) is 67.2 Å². The van der Waals surface area contributed by atoms with E-state index >= 15 is 0 Å². The van der Waals surface area contributed by atoms with Gasteiger partial charge in [0.2, 0.25) is 0 Å². The number of halogens is 4. The van der Waals surface area contributed by atoms with Crippen LogP contribution in [0.25, 0.3) is 98.9 Å². The summed E-state index contributed by atoms with van der Waals surface area (Å²) in [7, 11) is 0.656. The number of hydrogen-bond acceptors (Lipinski definition) is 7. The lowest BCUT2D eigenvalue weighted by atomic mass is 9.78. The third-order valence-electron chi connectivity index (χ3n) is 14.5. The van der Waals surface area contributed by atoms with E-state index in [9.17, 15) is 0 Å². The average Bonchev–Trinajstić information content (AvgIpc) is 4.45.